The molecule has 9 heteroatoms. The van der Waals surface area contributed by atoms with E-state index < -0.39 is 0 Å². The molecule has 0 spiro atoms. The van der Waals surface area contributed by atoms with Gasteiger partial charge in [0.05, 0.1) is 24.6 Å². The van der Waals surface area contributed by atoms with E-state index in [1.54, 1.807) is 24.5 Å². The molecular weight excluding hydrogens is 398 g/mol. The van der Waals surface area contributed by atoms with Crippen LogP contribution in [0, 0.1) is 6.92 Å². The quantitative estimate of drug-likeness (QED) is 0.478. The molecule has 0 saturated heterocycles. The van der Waals surface area contributed by atoms with Crippen LogP contribution in [0.2, 0.25) is 0 Å². The summed E-state index contributed by atoms with van der Waals surface area (Å²) in [5.41, 5.74) is 5.00. The summed E-state index contributed by atoms with van der Waals surface area (Å²) in [4.78, 5) is 25.4. The van der Waals surface area contributed by atoms with E-state index in [0.29, 0.717) is 35.8 Å². The summed E-state index contributed by atoms with van der Waals surface area (Å²) in [6.45, 7) is 5.05. The Morgan fingerprint density at radius 1 is 1.20 bits per heavy atom. The van der Waals surface area contributed by atoms with E-state index in [0.717, 1.165) is 5.56 Å². The van der Waals surface area contributed by atoms with Gasteiger partial charge in [0.2, 0.25) is 0 Å². The van der Waals surface area contributed by atoms with Gasteiger partial charge in [0.25, 0.3) is 0 Å². The topological polar surface area (TPSA) is 88.8 Å². The summed E-state index contributed by atoms with van der Waals surface area (Å²) in [5.74, 6) is 0.390. The molecule has 4 rings (SSSR count). The van der Waals surface area contributed by atoms with Crippen LogP contribution in [0.15, 0.2) is 55.0 Å². The van der Waals surface area contributed by atoms with Gasteiger partial charge in [-0.3, -0.25) is 19.3 Å². The van der Waals surface area contributed by atoms with Crippen LogP contribution in [0.1, 0.15) is 18.1 Å². The standard InChI is InChI=1S/C21H21N7OS/c1-3-28(30)21(29)26-19-8-7-17-20(25-19)24-18(11-22-17)16-10-23-27(13-16)12-15-6-4-5-14(2)9-15/h4-11,13,30H,3,12H2,1-2H3,(H,24,25,26,29). The van der Waals surface area contributed by atoms with Gasteiger partial charge in [-0.15, -0.1) is 0 Å². The van der Waals surface area contributed by atoms with Crippen molar-refractivity contribution in [2.24, 2.45) is 0 Å². The second kappa shape index (κ2) is 8.50. The summed E-state index contributed by atoms with van der Waals surface area (Å²) in [6.07, 6.45) is 5.39. The molecule has 0 radical (unpaired) electrons. The van der Waals surface area contributed by atoms with Gasteiger partial charge in [-0.25, -0.2) is 14.8 Å². The summed E-state index contributed by atoms with van der Waals surface area (Å²) in [7, 11) is 0. The molecule has 0 bridgehead atoms. The fourth-order valence-electron chi connectivity index (χ4n) is 3.00. The van der Waals surface area contributed by atoms with Crippen molar-refractivity contribution in [3.8, 4) is 11.3 Å². The zero-order chi connectivity index (χ0) is 21.1. The normalized spacial score (nSPS) is 10.9. The molecule has 2 amide bonds. The number of pyridine rings is 1. The van der Waals surface area contributed by atoms with E-state index in [1.807, 2.05) is 23.9 Å². The van der Waals surface area contributed by atoms with Crippen molar-refractivity contribution < 1.29 is 4.79 Å². The van der Waals surface area contributed by atoms with Crippen molar-refractivity contribution in [1.29, 1.82) is 0 Å². The Hall–Kier alpha value is -3.46. The molecule has 0 fully saturated rings. The van der Waals surface area contributed by atoms with E-state index in [2.05, 4.69) is 63.3 Å². The zero-order valence-corrected chi connectivity index (χ0v) is 17.5. The third-order valence-corrected chi connectivity index (χ3v) is 5.00. The average Bonchev–Trinajstić information content (AvgIpc) is 3.21. The number of benzene rings is 1. The lowest BCUT2D eigenvalue weighted by molar-refractivity contribution is 0.240. The third kappa shape index (κ3) is 4.41. The van der Waals surface area contributed by atoms with Gasteiger partial charge >= 0.3 is 6.03 Å². The van der Waals surface area contributed by atoms with E-state index in [9.17, 15) is 4.79 Å². The minimum absolute atomic E-state index is 0.353. The number of amides is 2. The molecule has 0 saturated carbocycles. The average molecular weight is 420 g/mol. The number of anilines is 1. The van der Waals surface area contributed by atoms with Crippen LogP contribution in [0.25, 0.3) is 22.4 Å². The Balaban J connectivity index is 1.57. The molecule has 4 aromatic rings. The van der Waals surface area contributed by atoms with Gasteiger partial charge in [0.15, 0.2) is 5.65 Å². The van der Waals surface area contributed by atoms with Gasteiger partial charge in [-0.1, -0.05) is 42.6 Å². The van der Waals surface area contributed by atoms with Crippen molar-refractivity contribution in [3.05, 3.63) is 66.1 Å². The molecule has 3 heterocycles. The summed E-state index contributed by atoms with van der Waals surface area (Å²) >= 11 is 4.09. The van der Waals surface area contributed by atoms with Crippen LogP contribution in [0.5, 0.6) is 0 Å². The number of nitrogens with one attached hydrogen (secondary N) is 1. The fourth-order valence-corrected chi connectivity index (χ4v) is 3.05. The SMILES string of the molecule is CCN(S)C(=O)Nc1ccc2ncc(-c3cnn(Cc4cccc(C)c4)c3)nc2n1. The molecule has 0 aliphatic heterocycles. The first kappa shape index (κ1) is 19.8. The summed E-state index contributed by atoms with van der Waals surface area (Å²) in [6, 6.07) is 11.4. The number of fused-ring (bicyclic) bond motifs is 1. The van der Waals surface area contributed by atoms with E-state index in [4.69, 9.17) is 0 Å². The van der Waals surface area contributed by atoms with Gasteiger partial charge in [-0.05, 0) is 31.5 Å². The number of rotatable bonds is 5. The predicted molar refractivity (Wildman–Crippen MR) is 119 cm³/mol. The molecule has 152 valence electrons. The molecule has 0 atom stereocenters. The van der Waals surface area contributed by atoms with Crippen molar-refractivity contribution in [2.75, 3.05) is 11.9 Å². The van der Waals surface area contributed by atoms with Crippen LogP contribution < -0.4 is 5.32 Å². The molecular formula is C21H21N7OS. The number of carbonyl (C=O) groups is 1. The van der Waals surface area contributed by atoms with Crippen LogP contribution in [0.4, 0.5) is 10.6 Å². The predicted octanol–water partition coefficient (Wildman–Crippen LogP) is 3.94. The highest BCUT2D eigenvalue weighted by atomic mass is 32.1. The second-order valence-electron chi connectivity index (χ2n) is 6.86. The first-order valence-electron chi connectivity index (χ1n) is 9.51. The zero-order valence-electron chi connectivity index (χ0n) is 16.6. The van der Waals surface area contributed by atoms with Crippen molar-refractivity contribution in [1.82, 2.24) is 29.0 Å². The number of aromatic nitrogens is 5. The maximum atomic E-state index is 12.0. The van der Waals surface area contributed by atoms with E-state index in [-0.39, 0.29) is 6.03 Å². The molecule has 30 heavy (non-hydrogen) atoms. The molecule has 8 nitrogen and oxygen atoms in total. The first-order chi connectivity index (χ1) is 14.5. The van der Waals surface area contributed by atoms with Gasteiger partial charge in [0, 0.05) is 18.3 Å². The molecule has 3 aromatic heterocycles. The number of thiol groups is 1. The van der Waals surface area contributed by atoms with Crippen LogP contribution in [-0.2, 0) is 6.54 Å². The Kier molecular flexibility index (Phi) is 5.62. The van der Waals surface area contributed by atoms with E-state index in [1.165, 1.54) is 15.4 Å². The van der Waals surface area contributed by atoms with Crippen molar-refractivity contribution in [3.63, 3.8) is 0 Å². The highest BCUT2D eigenvalue weighted by Gasteiger charge is 2.11. The molecule has 1 N–H and O–H groups in total. The van der Waals surface area contributed by atoms with Crippen LogP contribution >= 0.6 is 12.8 Å². The number of hydrogen-bond acceptors (Lipinski definition) is 6. The van der Waals surface area contributed by atoms with E-state index >= 15 is 0 Å². The van der Waals surface area contributed by atoms with Gasteiger partial charge in [0.1, 0.15) is 11.3 Å². The van der Waals surface area contributed by atoms with Gasteiger partial charge in [-0.2, -0.15) is 5.10 Å². The highest BCUT2D eigenvalue weighted by Crippen LogP contribution is 2.20. The van der Waals surface area contributed by atoms with Crippen molar-refractivity contribution in [2.45, 2.75) is 20.4 Å². The number of urea groups is 1. The highest BCUT2D eigenvalue weighted by molar-refractivity contribution is 7.78. The molecule has 0 unspecified atom stereocenters. The number of hydrogen-bond donors (Lipinski definition) is 2. The smallest absolute Gasteiger partial charge is 0.291 e. The Morgan fingerprint density at radius 3 is 2.87 bits per heavy atom. The number of nitrogens with zero attached hydrogens (tertiary/aromatic N) is 6. The largest absolute Gasteiger partial charge is 0.332 e. The lowest BCUT2D eigenvalue weighted by Gasteiger charge is -2.13. The number of aryl methyl sites for hydroxylation is 1. The summed E-state index contributed by atoms with van der Waals surface area (Å²) in [5, 5.41) is 7.14. The minimum Gasteiger partial charge on any atom is -0.291 e. The molecule has 0 aliphatic carbocycles. The lowest BCUT2D eigenvalue weighted by atomic mass is 10.1. The Labute approximate surface area is 179 Å². The summed E-state index contributed by atoms with van der Waals surface area (Å²) < 4.78 is 3.13. The molecule has 1 aromatic carbocycles. The fraction of sp³-hybridized carbons (Fsp3) is 0.190. The van der Waals surface area contributed by atoms with Gasteiger partial charge < -0.3 is 0 Å². The van der Waals surface area contributed by atoms with Crippen molar-refractivity contribution >= 4 is 35.8 Å². The maximum Gasteiger partial charge on any atom is 0.332 e. The lowest BCUT2D eigenvalue weighted by Crippen LogP contribution is -2.27. The maximum absolute atomic E-state index is 12.0. The monoisotopic (exact) mass is 419 g/mol. The van der Waals surface area contributed by atoms with Crippen LogP contribution in [0.3, 0.4) is 0 Å². The Bertz CT molecular complexity index is 1210. The van der Waals surface area contributed by atoms with Crippen LogP contribution in [-0.4, -0.2) is 41.6 Å². The Morgan fingerprint density at radius 2 is 2.07 bits per heavy atom. The first-order valence-corrected chi connectivity index (χ1v) is 9.91. The number of carbonyl (C=O) groups excluding carboxylic acids is 1. The second-order valence-corrected chi connectivity index (χ2v) is 7.34. The minimum atomic E-state index is -0.353. The molecule has 0 aliphatic rings. The third-order valence-electron chi connectivity index (χ3n) is 4.53.